The maximum Gasteiger partial charge on any atom is 0.306 e. The smallest absolute Gasteiger partial charge is 0.306 e. The summed E-state index contributed by atoms with van der Waals surface area (Å²) in [5, 5.41) is 0. The molecule has 0 bridgehead atoms. The molecule has 0 aliphatic rings. The molecule has 0 radical (unpaired) electrons. The van der Waals surface area contributed by atoms with E-state index in [9.17, 15) is 14.4 Å². The van der Waals surface area contributed by atoms with Gasteiger partial charge < -0.3 is 14.2 Å². The van der Waals surface area contributed by atoms with Crippen molar-refractivity contribution in [3.63, 3.8) is 0 Å². The molecular weight excluding hydrogens is 985 g/mol. The standard InChI is InChI=1S/C74H142O6/c1-4-7-10-13-16-19-22-25-28-30-32-34-36-37-39-40-42-44-46-49-52-55-58-61-64-67-73(76)79-70-71(69-78-72(75)66-63-60-57-54-51-48-27-24-21-18-15-12-9-6-3)80-74(77)68-65-62-59-56-53-50-47-45-43-41-38-35-33-31-29-26-23-20-17-14-11-8-5-2/h30,32,71H,4-29,31,33-70H2,1-3H3/b32-30-. The largest absolute Gasteiger partial charge is 0.462 e. The van der Waals surface area contributed by atoms with Crippen molar-refractivity contribution in [2.24, 2.45) is 0 Å². The van der Waals surface area contributed by atoms with Crippen LogP contribution in [0.1, 0.15) is 425 Å². The molecule has 0 saturated carbocycles. The van der Waals surface area contributed by atoms with Crippen LogP contribution in [0.4, 0.5) is 0 Å². The highest BCUT2D eigenvalue weighted by Gasteiger charge is 2.20. The Labute approximate surface area is 501 Å². The molecule has 0 aromatic rings. The van der Waals surface area contributed by atoms with Crippen LogP contribution in [-0.4, -0.2) is 37.2 Å². The topological polar surface area (TPSA) is 78.9 Å². The Morgan fingerprint density at radius 2 is 0.412 bits per heavy atom. The van der Waals surface area contributed by atoms with Gasteiger partial charge in [0.15, 0.2) is 6.10 Å². The monoisotopic (exact) mass is 1130 g/mol. The van der Waals surface area contributed by atoms with Crippen molar-refractivity contribution >= 4 is 17.9 Å². The second-order valence-corrected chi connectivity index (χ2v) is 25.2. The van der Waals surface area contributed by atoms with Crippen molar-refractivity contribution in [3.8, 4) is 0 Å². The molecule has 0 rings (SSSR count). The average Bonchev–Trinajstić information content (AvgIpc) is 3.46. The molecule has 1 atom stereocenters. The van der Waals surface area contributed by atoms with Gasteiger partial charge in [-0.05, 0) is 44.9 Å². The predicted molar refractivity (Wildman–Crippen MR) is 349 cm³/mol. The minimum atomic E-state index is -0.766. The summed E-state index contributed by atoms with van der Waals surface area (Å²) in [6, 6.07) is 0. The number of allylic oxidation sites excluding steroid dienone is 2. The van der Waals surface area contributed by atoms with Crippen LogP contribution >= 0.6 is 0 Å². The third-order valence-corrected chi connectivity index (χ3v) is 17.0. The van der Waals surface area contributed by atoms with Gasteiger partial charge in [-0.25, -0.2) is 0 Å². The van der Waals surface area contributed by atoms with E-state index in [2.05, 4.69) is 32.9 Å². The number of hydrogen-bond acceptors (Lipinski definition) is 6. The Morgan fingerprint density at radius 3 is 0.625 bits per heavy atom. The highest BCUT2D eigenvalue weighted by atomic mass is 16.6. The number of esters is 3. The van der Waals surface area contributed by atoms with Crippen molar-refractivity contribution in [1.29, 1.82) is 0 Å². The summed E-state index contributed by atoms with van der Waals surface area (Å²) >= 11 is 0. The summed E-state index contributed by atoms with van der Waals surface area (Å²) in [6.45, 7) is 6.74. The number of unbranched alkanes of at least 4 members (excludes halogenated alkanes) is 56. The van der Waals surface area contributed by atoms with E-state index in [0.717, 1.165) is 57.8 Å². The van der Waals surface area contributed by atoms with Gasteiger partial charge in [-0.15, -0.1) is 0 Å². The third kappa shape index (κ3) is 66.9. The molecule has 0 aliphatic heterocycles. The van der Waals surface area contributed by atoms with Gasteiger partial charge in [-0.1, -0.05) is 373 Å². The van der Waals surface area contributed by atoms with Gasteiger partial charge in [0.1, 0.15) is 13.2 Å². The van der Waals surface area contributed by atoms with E-state index in [1.54, 1.807) is 0 Å². The summed E-state index contributed by atoms with van der Waals surface area (Å²) in [4.78, 5) is 38.5. The molecule has 0 fully saturated rings. The van der Waals surface area contributed by atoms with Crippen LogP contribution < -0.4 is 0 Å². The third-order valence-electron chi connectivity index (χ3n) is 17.0. The van der Waals surface area contributed by atoms with Crippen LogP contribution in [0.25, 0.3) is 0 Å². The van der Waals surface area contributed by atoms with Gasteiger partial charge in [0.05, 0.1) is 0 Å². The summed E-state index contributed by atoms with van der Waals surface area (Å²) in [5.74, 6) is -0.824. The molecule has 0 saturated heterocycles. The molecule has 1 unspecified atom stereocenters. The fourth-order valence-corrected chi connectivity index (χ4v) is 11.5. The summed E-state index contributed by atoms with van der Waals surface area (Å²) in [5.41, 5.74) is 0. The van der Waals surface area contributed by atoms with E-state index in [1.807, 2.05) is 0 Å². The number of rotatable bonds is 69. The van der Waals surface area contributed by atoms with Crippen LogP contribution in [0.3, 0.4) is 0 Å². The first-order valence-electron chi connectivity index (χ1n) is 36.7. The first-order chi connectivity index (χ1) is 39.5. The zero-order chi connectivity index (χ0) is 57.8. The van der Waals surface area contributed by atoms with Gasteiger partial charge in [-0.3, -0.25) is 14.4 Å². The molecule has 0 aromatic heterocycles. The average molecular weight is 1130 g/mol. The molecule has 80 heavy (non-hydrogen) atoms. The molecule has 0 aromatic carbocycles. The first kappa shape index (κ1) is 78.1. The van der Waals surface area contributed by atoms with Crippen LogP contribution in [0, 0.1) is 0 Å². The zero-order valence-corrected chi connectivity index (χ0v) is 54.6. The van der Waals surface area contributed by atoms with Crippen molar-refractivity contribution in [1.82, 2.24) is 0 Å². The van der Waals surface area contributed by atoms with Gasteiger partial charge in [0.2, 0.25) is 0 Å². The molecule has 0 aliphatic carbocycles. The second-order valence-electron chi connectivity index (χ2n) is 25.2. The Balaban J connectivity index is 4.21. The molecule has 6 heteroatoms. The molecule has 6 nitrogen and oxygen atoms in total. The van der Waals surface area contributed by atoms with Gasteiger partial charge >= 0.3 is 17.9 Å². The van der Waals surface area contributed by atoms with Crippen molar-refractivity contribution in [2.75, 3.05) is 13.2 Å². The molecule has 0 N–H and O–H groups in total. The van der Waals surface area contributed by atoms with Crippen molar-refractivity contribution in [3.05, 3.63) is 12.2 Å². The Morgan fingerprint density at radius 1 is 0.237 bits per heavy atom. The number of ether oxygens (including phenoxy) is 3. The van der Waals surface area contributed by atoms with E-state index in [4.69, 9.17) is 14.2 Å². The lowest BCUT2D eigenvalue weighted by molar-refractivity contribution is -0.167. The quantitative estimate of drug-likeness (QED) is 0.0261. The normalized spacial score (nSPS) is 12.0. The lowest BCUT2D eigenvalue weighted by atomic mass is 10.0. The van der Waals surface area contributed by atoms with Crippen LogP contribution in [0.15, 0.2) is 12.2 Å². The Bertz CT molecular complexity index is 1250. The minimum absolute atomic E-state index is 0.0623. The summed E-state index contributed by atoms with van der Waals surface area (Å²) in [7, 11) is 0. The number of carbonyl (C=O) groups excluding carboxylic acids is 3. The fourth-order valence-electron chi connectivity index (χ4n) is 11.5. The molecule has 0 amide bonds. The van der Waals surface area contributed by atoms with E-state index in [-0.39, 0.29) is 31.1 Å². The highest BCUT2D eigenvalue weighted by molar-refractivity contribution is 5.71. The van der Waals surface area contributed by atoms with Crippen LogP contribution in [0.5, 0.6) is 0 Å². The van der Waals surface area contributed by atoms with Gasteiger partial charge in [-0.2, -0.15) is 0 Å². The minimum Gasteiger partial charge on any atom is -0.462 e. The van der Waals surface area contributed by atoms with E-state index in [0.29, 0.717) is 19.3 Å². The molecule has 0 heterocycles. The second kappa shape index (κ2) is 69.6. The lowest BCUT2D eigenvalue weighted by Crippen LogP contribution is -2.30. The maximum absolute atomic E-state index is 13.0. The summed E-state index contributed by atoms with van der Waals surface area (Å²) < 4.78 is 17.0. The molecule has 474 valence electrons. The van der Waals surface area contributed by atoms with Crippen LogP contribution in [0.2, 0.25) is 0 Å². The SMILES string of the molecule is CCCCCCCCCC/C=C\CCCCCCCCCCCCCCCC(=O)OCC(COC(=O)CCCCCCCCCCCCCCCC)OC(=O)CCCCCCCCCCCCCCCCCCCCCCCCC. The fraction of sp³-hybridized carbons (Fsp3) is 0.932. The maximum atomic E-state index is 13.0. The van der Waals surface area contributed by atoms with E-state index >= 15 is 0 Å². The number of carbonyl (C=O) groups is 3. The Hall–Kier alpha value is -1.85. The van der Waals surface area contributed by atoms with E-state index in [1.165, 1.54) is 327 Å². The van der Waals surface area contributed by atoms with E-state index < -0.39 is 6.10 Å². The zero-order valence-electron chi connectivity index (χ0n) is 54.6. The Kier molecular flexibility index (Phi) is 68.0. The lowest BCUT2D eigenvalue weighted by Gasteiger charge is -2.18. The van der Waals surface area contributed by atoms with Crippen molar-refractivity contribution < 1.29 is 28.6 Å². The van der Waals surface area contributed by atoms with Gasteiger partial charge in [0, 0.05) is 19.3 Å². The number of hydrogen-bond donors (Lipinski definition) is 0. The molecule has 0 spiro atoms. The highest BCUT2D eigenvalue weighted by Crippen LogP contribution is 2.19. The van der Waals surface area contributed by atoms with Crippen molar-refractivity contribution in [2.45, 2.75) is 431 Å². The summed E-state index contributed by atoms with van der Waals surface area (Å²) in [6.07, 6.45) is 83.9. The van der Waals surface area contributed by atoms with Gasteiger partial charge in [0.25, 0.3) is 0 Å². The predicted octanol–water partition coefficient (Wildman–Crippen LogP) is 25.2. The molecular formula is C74H142O6. The first-order valence-corrected chi connectivity index (χ1v) is 36.7. The van der Waals surface area contributed by atoms with Crippen LogP contribution in [-0.2, 0) is 28.6 Å².